The molecule has 2 heterocycles. The number of aromatic nitrogens is 2. The molecule has 6 nitrogen and oxygen atoms in total. The van der Waals surface area contributed by atoms with Crippen LogP contribution in [0.1, 0.15) is 53.9 Å². The van der Waals surface area contributed by atoms with Crippen molar-refractivity contribution in [1.29, 1.82) is 0 Å². The first-order valence-electron chi connectivity index (χ1n) is 6.62. The number of hydrogen-bond donors (Lipinski definition) is 2. The molecule has 1 unspecified atom stereocenters. The highest BCUT2D eigenvalue weighted by Gasteiger charge is 2.24. The molecule has 1 aliphatic rings. The van der Waals surface area contributed by atoms with Crippen LogP contribution < -0.4 is 5.32 Å². The zero-order chi connectivity index (χ0) is 13.8. The lowest BCUT2D eigenvalue weighted by Crippen LogP contribution is -2.29. The molecule has 0 spiro atoms. The molecule has 104 valence electrons. The van der Waals surface area contributed by atoms with E-state index in [0.29, 0.717) is 25.4 Å². The van der Waals surface area contributed by atoms with Crippen LogP contribution in [-0.4, -0.2) is 34.2 Å². The van der Waals surface area contributed by atoms with Crippen LogP contribution >= 0.6 is 0 Å². The second-order valence-electron chi connectivity index (χ2n) is 4.44. The predicted molar refractivity (Wildman–Crippen MR) is 69.1 cm³/mol. The summed E-state index contributed by atoms with van der Waals surface area (Å²) in [7, 11) is 0. The number of rotatable bonds is 5. The standard InChI is InChI=1S/C13H19N3O3/c1-3-10(19-4-2)12-15-9-7-14-6-5-8(9)11(16-12)13(17)18/h10,14H,3-7H2,1-2H3,(H,17,18). The van der Waals surface area contributed by atoms with Gasteiger partial charge in [-0.15, -0.1) is 0 Å². The third kappa shape index (κ3) is 2.90. The summed E-state index contributed by atoms with van der Waals surface area (Å²) < 4.78 is 5.56. The Hall–Kier alpha value is -1.53. The number of fused-ring (bicyclic) bond motifs is 1. The van der Waals surface area contributed by atoms with Crippen molar-refractivity contribution in [2.45, 2.75) is 39.3 Å². The number of nitrogens with zero attached hydrogens (tertiary/aromatic N) is 2. The molecule has 2 rings (SSSR count). The highest BCUT2D eigenvalue weighted by atomic mass is 16.5. The summed E-state index contributed by atoms with van der Waals surface area (Å²) in [5.74, 6) is -0.516. The molecule has 1 atom stereocenters. The number of ether oxygens (including phenoxy) is 1. The summed E-state index contributed by atoms with van der Waals surface area (Å²) in [6.07, 6.45) is 1.14. The zero-order valence-electron chi connectivity index (χ0n) is 11.3. The van der Waals surface area contributed by atoms with Crippen LogP contribution in [0.15, 0.2) is 0 Å². The van der Waals surface area contributed by atoms with Crippen molar-refractivity contribution in [2.24, 2.45) is 0 Å². The molecular formula is C13H19N3O3. The van der Waals surface area contributed by atoms with Crippen molar-refractivity contribution in [1.82, 2.24) is 15.3 Å². The lowest BCUT2D eigenvalue weighted by Gasteiger charge is -2.21. The SMILES string of the molecule is CCOC(CC)c1nc2c(c(C(=O)O)n1)CCNC2. The molecule has 0 amide bonds. The zero-order valence-corrected chi connectivity index (χ0v) is 11.3. The smallest absolute Gasteiger partial charge is 0.354 e. The fraction of sp³-hybridized carbons (Fsp3) is 0.615. The first-order chi connectivity index (χ1) is 9.17. The van der Waals surface area contributed by atoms with Gasteiger partial charge in [0, 0.05) is 18.7 Å². The van der Waals surface area contributed by atoms with Crippen LogP contribution in [-0.2, 0) is 17.7 Å². The molecule has 2 N–H and O–H groups in total. The Balaban J connectivity index is 2.45. The molecule has 0 aromatic carbocycles. The Morgan fingerprint density at radius 1 is 1.47 bits per heavy atom. The maximum atomic E-state index is 11.3. The van der Waals surface area contributed by atoms with E-state index in [1.807, 2.05) is 13.8 Å². The maximum absolute atomic E-state index is 11.3. The van der Waals surface area contributed by atoms with Crippen molar-refractivity contribution in [3.8, 4) is 0 Å². The van der Waals surface area contributed by atoms with Crippen LogP contribution in [0.2, 0.25) is 0 Å². The molecular weight excluding hydrogens is 246 g/mol. The van der Waals surface area contributed by atoms with Crippen LogP contribution in [0.3, 0.4) is 0 Å². The number of carboxylic acid groups (broad SMARTS) is 1. The first-order valence-corrected chi connectivity index (χ1v) is 6.62. The Morgan fingerprint density at radius 2 is 2.26 bits per heavy atom. The highest BCUT2D eigenvalue weighted by Crippen LogP contribution is 2.22. The average Bonchev–Trinajstić information content (AvgIpc) is 2.43. The lowest BCUT2D eigenvalue weighted by atomic mass is 10.0. The topological polar surface area (TPSA) is 84.3 Å². The van der Waals surface area contributed by atoms with Gasteiger partial charge >= 0.3 is 5.97 Å². The summed E-state index contributed by atoms with van der Waals surface area (Å²) in [5.41, 5.74) is 1.66. The Labute approximate surface area is 112 Å². The molecule has 19 heavy (non-hydrogen) atoms. The van der Waals surface area contributed by atoms with E-state index in [2.05, 4.69) is 15.3 Å². The van der Waals surface area contributed by atoms with E-state index >= 15 is 0 Å². The first kappa shape index (κ1) is 13.9. The normalized spacial score (nSPS) is 15.9. The van der Waals surface area contributed by atoms with Gasteiger partial charge in [-0.1, -0.05) is 6.92 Å². The number of aromatic carboxylic acids is 1. The van der Waals surface area contributed by atoms with Gasteiger partial charge in [0.1, 0.15) is 6.10 Å². The van der Waals surface area contributed by atoms with E-state index in [1.165, 1.54) is 0 Å². The number of nitrogens with one attached hydrogen (secondary N) is 1. The van der Waals surface area contributed by atoms with Gasteiger partial charge in [0.05, 0.1) is 5.69 Å². The van der Waals surface area contributed by atoms with Gasteiger partial charge in [0.25, 0.3) is 0 Å². The monoisotopic (exact) mass is 265 g/mol. The summed E-state index contributed by atoms with van der Waals surface area (Å²) in [6, 6.07) is 0. The van der Waals surface area contributed by atoms with Crippen LogP contribution in [0.5, 0.6) is 0 Å². The molecule has 0 bridgehead atoms. The Morgan fingerprint density at radius 3 is 2.89 bits per heavy atom. The number of carboxylic acids is 1. The van der Waals surface area contributed by atoms with Crippen molar-refractivity contribution >= 4 is 5.97 Å². The van der Waals surface area contributed by atoms with Gasteiger partial charge in [-0.2, -0.15) is 0 Å². The molecule has 0 saturated carbocycles. The second-order valence-corrected chi connectivity index (χ2v) is 4.44. The minimum Gasteiger partial charge on any atom is -0.477 e. The molecule has 0 radical (unpaired) electrons. The minimum atomic E-state index is -0.992. The van der Waals surface area contributed by atoms with E-state index in [9.17, 15) is 9.90 Å². The van der Waals surface area contributed by atoms with Crippen molar-refractivity contribution < 1.29 is 14.6 Å². The minimum absolute atomic E-state index is 0.125. The van der Waals surface area contributed by atoms with Crippen molar-refractivity contribution in [3.63, 3.8) is 0 Å². The van der Waals surface area contributed by atoms with Crippen LogP contribution in [0, 0.1) is 0 Å². The van der Waals surface area contributed by atoms with Gasteiger partial charge in [-0.3, -0.25) is 0 Å². The Kier molecular flexibility index (Phi) is 4.44. The van der Waals surface area contributed by atoms with Gasteiger partial charge < -0.3 is 15.2 Å². The predicted octanol–water partition coefficient (Wildman–Crippen LogP) is 1.31. The summed E-state index contributed by atoms with van der Waals surface area (Å²) >= 11 is 0. The van der Waals surface area contributed by atoms with Crippen LogP contribution in [0.4, 0.5) is 0 Å². The number of hydrogen-bond acceptors (Lipinski definition) is 5. The highest BCUT2D eigenvalue weighted by molar-refractivity contribution is 5.87. The summed E-state index contributed by atoms with van der Waals surface area (Å²) in [5, 5.41) is 12.5. The van der Waals surface area contributed by atoms with Crippen molar-refractivity contribution in [3.05, 3.63) is 22.8 Å². The summed E-state index contributed by atoms with van der Waals surface area (Å²) in [6.45, 7) is 5.79. The average molecular weight is 265 g/mol. The fourth-order valence-corrected chi connectivity index (χ4v) is 2.28. The van der Waals surface area contributed by atoms with Gasteiger partial charge in [-0.05, 0) is 26.3 Å². The third-order valence-corrected chi connectivity index (χ3v) is 3.18. The summed E-state index contributed by atoms with van der Waals surface area (Å²) in [4.78, 5) is 20.0. The molecule has 1 aliphatic heterocycles. The maximum Gasteiger partial charge on any atom is 0.354 e. The molecule has 0 fully saturated rings. The molecule has 6 heteroatoms. The van der Waals surface area contributed by atoms with E-state index < -0.39 is 5.97 Å². The van der Waals surface area contributed by atoms with Crippen molar-refractivity contribution in [2.75, 3.05) is 13.2 Å². The van der Waals surface area contributed by atoms with Gasteiger partial charge in [0.2, 0.25) is 0 Å². The lowest BCUT2D eigenvalue weighted by molar-refractivity contribution is 0.0524. The van der Waals surface area contributed by atoms with Gasteiger partial charge in [0.15, 0.2) is 11.5 Å². The van der Waals surface area contributed by atoms with E-state index in [1.54, 1.807) is 0 Å². The molecule has 1 aromatic heterocycles. The Bertz CT molecular complexity index is 476. The molecule has 0 aliphatic carbocycles. The van der Waals surface area contributed by atoms with Gasteiger partial charge in [-0.25, -0.2) is 14.8 Å². The molecule has 0 saturated heterocycles. The second kappa shape index (κ2) is 6.08. The quantitative estimate of drug-likeness (QED) is 0.835. The van der Waals surface area contributed by atoms with E-state index in [0.717, 1.165) is 24.2 Å². The third-order valence-electron chi connectivity index (χ3n) is 3.18. The van der Waals surface area contributed by atoms with Crippen LogP contribution in [0.25, 0.3) is 0 Å². The van der Waals surface area contributed by atoms with E-state index in [4.69, 9.17) is 4.74 Å². The van der Waals surface area contributed by atoms with E-state index in [-0.39, 0.29) is 11.8 Å². The fourth-order valence-electron chi connectivity index (χ4n) is 2.28. The number of carbonyl (C=O) groups is 1. The molecule has 1 aromatic rings. The largest absolute Gasteiger partial charge is 0.477 e.